The first-order valence-electron chi connectivity index (χ1n) is 8.67. The Balaban J connectivity index is 2.05. The molecule has 0 aliphatic rings. The van der Waals surface area contributed by atoms with Gasteiger partial charge in [0, 0.05) is 0 Å². The molecule has 0 bridgehead atoms. The second kappa shape index (κ2) is 9.50. The fourth-order valence-corrected chi connectivity index (χ4v) is 3.26. The lowest BCUT2D eigenvalue weighted by Crippen LogP contribution is -2.43. The van der Waals surface area contributed by atoms with Crippen LogP contribution in [0.25, 0.3) is 5.69 Å². The zero-order valence-corrected chi connectivity index (χ0v) is 17.0. The number of hydrogen-bond donors (Lipinski definition) is 1. The highest BCUT2D eigenvalue weighted by atomic mass is 32.2. The largest absolute Gasteiger partial charge is 0.467 e. The summed E-state index contributed by atoms with van der Waals surface area (Å²) in [5.74, 6) is -0.371. The normalized spacial score (nSPS) is 12.1. The Morgan fingerprint density at radius 2 is 2.04 bits per heavy atom. The van der Waals surface area contributed by atoms with Gasteiger partial charge in [-0.25, -0.2) is 4.79 Å². The van der Waals surface area contributed by atoms with Crippen molar-refractivity contribution < 1.29 is 14.3 Å². The number of methoxy groups -OCH3 is 1. The van der Waals surface area contributed by atoms with E-state index >= 15 is 0 Å². The molecule has 1 aromatic carbocycles. The van der Waals surface area contributed by atoms with Crippen LogP contribution in [-0.2, 0) is 14.3 Å². The number of hydrogen-bond acceptors (Lipinski definition) is 7. The third kappa shape index (κ3) is 5.78. The van der Waals surface area contributed by atoms with Crippen molar-refractivity contribution in [3.8, 4) is 5.69 Å². The quantitative estimate of drug-likeness (QED) is 0.543. The van der Waals surface area contributed by atoms with E-state index in [0.29, 0.717) is 11.6 Å². The summed E-state index contributed by atoms with van der Waals surface area (Å²) in [5.41, 5.74) is 2.99. The fourth-order valence-electron chi connectivity index (χ4n) is 2.56. The molecule has 0 fully saturated rings. The van der Waals surface area contributed by atoms with Gasteiger partial charge in [-0.15, -0.1) is 5.10 Å². The number of rotatable bonds is 8. The number of benzene rings is 1. The molecule has 1 amide bonds. The number of thioether (sulfide) groups is 1. The van der Waals surface area contributed by atoms with Gasteiger partial charge in [0.2, 0.25) is 11.1 Å². The van der Waals surface area contributed by atoms with Gasteiger partial charge in [0.05, 0.1) is 18.6 Å². The standard InChI is InChI=1S/C18H25N5O3S/c1-11(2)8-14(17(25)26-5)19-16(24)10-27-18-20-21-22-23(18)15-9-12(3)6-7-13(15)4/h6-7,9,11,14H,8,10H2,1-5H3,(H,19,24)/t14-/m1/s1. The Labute approximate surface area is 163 Å². The molecule has 9 heteroatoms. The second-order valence-corrected chi connectivity index (χ2v) is 7.67. The summed E-state index contributed by atoms with van der Waals surface area (Å²) < 4.78 is 6.39. The highest BCUT2D eigenvalue weighted by molar-refractivity contribution is 7.99. The minimum atomic E-state index is -0.655. The van der Waals surface area contributed by atoms with E-state index in [1.54, 1.807) is 4.68 Å². The molecule has 8 nitrogen and oxygen atoms in total. The van der Waals surface area contributed by atoms with Gasteiger partial charge in [0.15, 0.2) is 0 Å². The molecule has 0 saturated carbocycles. The van der Waals surface area contributed by atoms with Crippen molar-refractivity contribution >= 4 is 23.6 Å². The summed E-state index contributed by atoms with van der Waals surface area (Å²) in [4.78, 5) is 24.1. The molecule has 1 atom stereocenters. The predicted octanol–water partition coefficient (Wildman–Crippen LogP) is 2.08. The van der Waals surface area contributed by atoms with Gasteiger partial charge < -0.3 is 10.1 Å². The summed E-state index contributed by atoms with van der Waals surface area (Å²) in [6.45, 7) is 7.93. The molecule has 0 saturated heterocycles. The molecule has 1 aromatic heterocycles. The Morgan fingerprint density at radius 1 is 1.30 bits per heavy atom. The minimum Gasteiger partial charge on any atom is -0.467 e. The molecule has 0 aliphatic heterocycles. The van der Waals surface area contributed by atoms with Gasteiger partial charge in [-0.05, 0) is 53.8 Å². The molecule has 0 radical (unpaired) electrons. The van der Waals surface area contributed by atoms with Gasteiger partial charge in [-0.2, -0.15) is 4.68 Å². The van der Waals surface area contributed by atoms with E-state index in [0.717, 1.165) is 16.8 Å². The SMILES string of the molecule is COC(=O)[C@@H](CC(C)C)NC(=O)CSc1nnnn1-c1cc(C)ccc1C. The van der Waals surface area contributed by atoms with Gasteiger partial charge in [-0.1, -0.05) is 37.7 Å². The lowest BCUT2D eigenvalue weighted by atomic mass is 10.0. The first kappa shape index (κ1) is 20.9. The Kier molecular flexibility index (Phi) is 7.35. The maximum atomic E-state index is 12.3. The highest BCUT2D eigenvalue weighted by Crippen LogP contribution is 2.21. The summed E-state index contributed by atoms with van der Waals surface area (Å²) >= 11 is 1.21. The van der Waals surface area contributed by atoms with E-state index < -0.39 is 12.0 Å². The van der Waals surface area contributed by atoms with E-state index in [1.807, 2.05) is 45.9 Å². The van der Waals surface area contributed by atoms with Gasteiger partial charge in [-0.3, -0.25) is 4.79 Å². The number of amides is 1. The van der Waals surface area contributed by atoms with Crippen LogP contribution in [0.15, 0.2) is 23.4 Å². The zero-order valence-electron chi connectivity index (χ0n) is 16.2. The third-order valence-corrected chi connectivity index (χ3v) is 4.81. The second-order valence-electron chi connectivity index (χ2n) is 6.72. The van der Waals surface area contributed by atoms with Crippen LogP contribution in [0.1, 0.15) is 31.4 Å². The van der Waals surface area contributed by atoms with Crippen molar-refractivity contribution in [1.29, 1.82) is 0 Å². The van der Waals surface area contributed by atoms with E-state index in [1.165, 1.54) is 18.9 Å². The molecular weight excluding hydrogens is 366 g/mol. The van der Waals surface area contributed by atoms with Gasteiger partial charge >= 0.3 is 5.97 Å². The molecule has 2 aromatic rings. The van der Waals surface area contributed by atoms with Crippen molar-refractivity contribution in [2.75, 3.05) is 12.9 Å². The summed E-state index contributed by atoms with van der Waals surface area (Å²) in [6, 6.07) is 5.36. The number of carbonyl (C=O) groups excluding carboxylic acids is 2. The van der Waals surface area contributed by atoms with Crippen LogP contribution in [0.2, 0.25) is 0 Å². The smallest absolute Gasteiger partial charge is 0.328 e. The number of ether oxygens (including phenoxy) is 1. The number of carbonyl (C=O) groups is 2. The summed E-state index contributed by atoms with van der Waals surface area (Å²) in [5, 5.41) is 15.0. The van der Waals surface area contributed by atoms with Crippen LogP contribution < -0.4 is 5.32 Å². The number of tetrazole rings is 1. The number of aromatic nitrogens is 4. The number of esters is 1. The number of nitrogens with zero attached hydrogens (tertiary/aromatic N) is 4. The fraction of sp³-hybridized carbons (Fsp3) is 0.500. The molecular formula is C18H25N5O3S. The third-order valence-electron chi connectivity index (χ3n) is 3.89. The van der Waals surface area contributed by atoms with E-state index in [9.17, 15) is 9.59 Å². The lowest BCUT2D eigenvalue weighted by molar-refractivity contribution is -0.145. The zero-order chi connectivity index (χ0) is 20.0. The van der Waals surface area contributed by atoms with E-state index in [-0.39, 0.29) is 17.6 Å². The average Bonchev–Trinajstić information content (AvgIpc) is 3.08. The maximum Gasteiger partial charge on any atom is 0.328 e. The van der Waals surface area contributed by atoms with Crippen molar-refractivity contribution in [2.45, 2.75) is 45.3 Å². The first-order valence-corrected chi connectivity index (χ1v) is 9.66. The van der Waals surface area contributed by atoms with Crippen LogP contribution in [0.3, 0.4) is 0 Å². The van der Waals surface area contributed by atoms with Crippen LogP contribution in [-0.4, -0.2) is 51.0 Å². The van der Waals surface area contributed by atoms with Crippen LogP contribution in [0.4, 0.5) is 0 Å². The van der Waals surface area contributed by atoms with Gasteiger partial charge in [0.25, 0.3) is 0 Å². The van der Waals surface area contributed by atoms with Gasteiger partial charge in [0.1, 0.15) is 6.04 Å². The Morgan fingerprint density at radius 3 is 2.70 bits per heavy atom. The molecule has 27 heavy (non-hydrogen) atoms. The predicted molar refractivity (Wildman–Crippen MR) is 103 cm³/mol. The molecule has 0 spiro atoms. The Bertz CT molecular complexity index is 806. The molecule has 1 N–H and O–H groups in total. The van der Waals surface area contributed by atoms with Crippen molar-refractivity contribution in [3.05, 3.63) is 29.3 Å². The van der Waals surface area contributed by atoms with Crippen molar-refractivity contribution in [1.82, 2.24) is 25.5 Å². The first-order chi connectivity index (χ1) is 12.8. The van der Waals surface area contributed by atoms with E-state index in [4.69, 9.17) is 4.74 Å². The van der Waals surface area contributed by atoms with Crippen molar-refractivity contribution in [3.63, 3.8) is 0 Å². The van der Waals surface area contributed by atoms with Crippen LogP contribution in [0.5, 0.6) is 0 Å². The monoisotopic (exact) mass is 391 g/mol. The Hall–Kier alpha value is -2.42. The maximum absolute atomic E-state index is 12.3. The van der Waals surface area contributed by atoms with Crippen LogP contribution >= 0.6 is 11.8 Å². The highest BCUT2D eigenvalue weighted by Gasteiger charge is 2.23. The lowest BCUT2D eigenvalue weighted by Gasteiger charge is -2.18. The summed E-state index contributed by atoms with van der Waals surface area (Å²) in [7, 11) is 1.31. The molecule has 146 valence electrons. The molecule has 1 heterocycles. The molecule has 0 aliphatic carbocycles. The topological polar surface area (TPSA) is 99.0 Å². The van der Waals surface area contributed by atoms with E-state index in [2.05, 4.69) is 20.8 Å². The number of nitrogens with one attached hydrogen (secondary N) is 1. The molecule has 2 rings (SSSR count). The average molecular weight is 391 g/mol. The van der Waals surface area contributed by atoms with Crippen LogP contribution in [0, 0.1) is 19.8 Å². The minimum absolute atomic E-state index is 0.0941. The number of aryl methyl sites for hydroxylation is 2. The summed E-state index contributed by atoms with van der Waals surface area (Å²) in [6.07, 6.45) is 0.517. The molecule has 0 unspecified atom stereocenters. The van der Waals surface area contributed by atoms with Crippen molar-refractivity contribution in [2.24, 2.45) is 5.92 Å².